The zero-order valence-corrected chi connectivity index (χ0v) is 21.8. The van der Waals surface area contributed by atoms with E-state index in [2.05, 4.69) is 15.5 Å². The van der Waals surface area contributed by atoms with Crippen molar-refractivity contribution in [2.75, 3.05) is 25.2 Å². The van der Waals surface area contributed by atoms with Crippen molar-refractivity contribution in [3.8, 4) is 5.75 Å². The van der Waals surface area contributed by atoms with Gasteiger partial charge in [0, 0.05) is 48.9 Å². The lowest BCUT2D eigenvalue weighted by molar-refractivity contribution is 0.0530. The van der Waals surface area contributed by atoms with E-state index in [9.17, 15) is 23.1 Å². The number of aliphatic hydroxyl groups excluding tert-OH is 1. The molecule has 1 aromatic heterocycles. The molecule has 10 nitrogen and oxygen atoms in total. The summed E-state index contributed by atoms with van der Waals surface area (Å²) in [5.41, 5.74) is 0.454. The van der Waals surface area contributed by atoms with E-state index in [1.807, 2.05) is 38.1 Å². The third kappa shape index (κ3) is 6.26. The molecular formula is C25H36N4O6S. The maximum atomic E-state index is 13.0. The molecule has 0 radical (unpaired) electrons. The molecule has 36 heavy (non-hydrogen) atoms. The van der Waals surface area contributed by atoms with Gasteiger partial charge in [-0.15, -0.1) is 0 Å². The predicted molar refractivity (Wildman–Crippen MR) is 138 cm³/mol. The Morgan fingerprint density at radius 3 is 2.50 bits per heavy atom. The number of aliphatic hydroxyl groups is 1. The van der Waals surface area contributed by atoms with E-state index in [1.165, 1.54) is 0 Å². The molecule has 0 saturated carbocycles. The number of carbonyl (C=O) groups is 1. The molecule has 11 heteroatoms. The van der Waals surface area contributed by atoms with E-state index < -0.39 is 22.0 Å². The quantitative estimate of drug-likeness (QED) is 0.455. The second kappa shape index (κ2) is 10.9. The molecular weight excluding hydrogens is 484 g/mol. The fraction of sp³-hybridized carbons (Fsp3) is 0.600. The molecule has 2 aromatic rings. The SMILES string of the molecule is CC(C)n1c(=O)c(OC(=O)N[C@@H]2C[C@H]3CC[C@@H](C2)N3C[C@H](O)CNCS(C)(=O)=O)cc2ccccc21. The third-order valence-corrected chi connectivity index (χ3v) is 7.73. The Balaban J connectivity index is 1.35. The molecule has 2 aliphatic rings. The number of piperidine rings is 1. The molecule has 0 unspecified atom stereocenters. The van der Waals surface area contributed by atoms with E-state index in [1.54, 1.807) is 10.6 Å². The van der Waals surface area contributed by atoms with Crippen LogP contribution in [0.1, 0.15) is 45.6 Å². The summed E-state index contributed by atoms with van der Waals surface area (Å²) in [7, 11) is -3.13. The van der Waals surface area contributed by atoms with Crippen LogP contribution in [0.25, 0.3) is 10.9 Å². The number of aromatic nitrogens is 1. The summed E-state index contributed by atoms with van der Waals surface area (Å²) >= 11 is 0. The minimum absolute atomic E-state index is 0.00465. The van der Waals surface area contributed by atoms with Crippen LogP contribution in [0, 0.1) is 0 Å². The summed E-state index contributed by atoms with van der Waals surface area (Å²) in [6.07, 6.45) is 3.23. The molecule has 0 aliphatic carbocycles. The number of carbonyl (C=O) groups excluding carboxylic acids is 1. The minimum Gasteiger partial charge on any atom is -0.404 e. The predicted octanol–water partition coefficient (Wildman–Crippen LogP) is 1.62. The van der Waals surface area contributed by atoms with Gasteiger partial charge in [-0.2, -0.15) is 0 Å². The van der Waals surface area contributed by atoms with Gasteiger partial charge in [0.05, 0.1) is 17.5 Å². The van der Waals surface area contributed by atoms with Crippen molar-refractivity contribution in [1.29, 1.82) is 0 Å². The van der Waals surface area contributed by atoms with Gasteiger partial charge in [0.15, 0.2) is 15.6 Å². The highest BCUT2D eigenvalue weighted by molar-refractivity contribution is 7.90. The summed E-state index contributed by atoms with van der Waals surface area (Å²) in [4.78, 5) is 28.0. The van der Waals surface area contributed by atoms with Crippen LogP contribution in [0.4, 0.5) is 4.79 Å². The highest BCUT2D eigenvalue weighted by atomic mass is 32.2. The number of fused-ring (bicyclic) bond motifs is 3. The van der Waals surface area contributed by atoms with Gasteiger partial charge in [0.2, 0.25) is 0 Å². The van der Waals surface area contributed by atoms with E-state index in [4.69, 9.17) is 4.74 Å². The smallest absolute Gasteiger partial charge is 0.404 e. The molecule has 198 valence electrons. The summed E-state index contributed by atoms with van der Waals surface area (Å²) in [6.45, 7) is 4.49. The van der Waals surface area contributed by atoms with Gasteiger partial charge in [-0.25, -0.2) is 13.2 Å². The van der Waals surface area contributed by atoms with Crippen molar-refractivity contribution in [2.45, 2.75) is 69.8 Å². The molecule has 3 N–H and O–H groups in total. The first kappa shape index (κ1) is 26.6. The molecule has 4 atom stereocenters. The lowest BCUT2D eigenvalue weighted by atomic mass is 9.97. The number of pyridine rings is 1. The van der Waals surface area contributed by atoms with Crippen LogP contribution in [-0.4, -0.2) is 78.5 Å². The van der Waals surface area contributed by atoms with Crippen molar-refractivity contribution in [3.63, 3.8) is 0 Å². The zero-order valence-electron chi connectivity index (χ0n) is 21.0. The van der Waals surface area contributed by atoms with Gasteiger partial charge in [-0.05, 0) is 51.7 Å². The molecule has 4 rings (SSSR count). The van der Waals surface area contributed by atoms with Crippen molar-refractivity contribution in [3.05, 3.63) is 40.7 Å². The van der Waals surface area contributed by atoms with Crippen LogP contribution < -0.4 is 20.9 Å². The molecule has 1 amide bonds. The van der Waals surface area contributed by atoms with Gasteiger partial charge in [0.25, 0.3) is 5.56 Å². The van der Waals surface area contributed by atoms with Crippen LogP contribution in [0.15, 0.2) is 35.1 Å². The van der Waals surface area contributed by atoms with E-state index in [0.29, 0.717) is 6.54 Å². The van der Waals surface area contributed by atoms with Crippen LogP contribution >= 0.6 is 0 Å². The van der Waals surface area contributed by atoms with Crippen molar-refractivity contribution < 1.29 is 23.1 Å². The number of hydrogen-bond acceptors (Lipinski definition) is 8. The standard InChI is InChI=1S/C25H36N4O6S/c1-16(2)29-22-7-5-4-6-17(22)10-23(24(29)31)35-25(32)27-18-11-19-8-9-20(12-18)28(19)14-21(30)13-26-15-36(3,33)34/h4-7,10,16,18-21,26,30H,8-9,11-15H2,1-3H3,(H,27,32)/t18-,19-,20+,21-/m1/s1. The van der Waals surface area contributed by atoms with Gasteiger partial charge in [-0.1, -0.05) is 18.2 Å². The summed E-state index contributed by atoms with van der Waals surface area (Å²) in [5.74, 6) is -0.158. The lowest BCUT2D eigenvalue weighted by Gasteiger charge is -2.39. The first-order chi connectivity index (χ1) is 17.0. The first-order valence-corrected chi connectivity index (χ1v) is 14.5. The number of benzene rings is 1. The Hall–Kier alpha value is -2.47. The molecule has 2 aliphatic heterocycles. The van der Waals surface area contributed by atoms with Gasteiger partial charge >= 0.3 is 6.09 Å². The average Bonchev–Trinajstić information content (AvgIpc) is 3.00. The number of hydrogen-bond donors (Lipinski definition) is 3. The zero-order chi connectivity index (χ0) is 26.0. The second-order valence-electron chi connectivity index (χ2n) is 10.3. The topological polar surface area (TPSA) is 130 Å². The lowest BCUT2D eigenvalue weighted by Crippen LogP contribution is -2.53. The maximum absolute atomic E-state index is 13.0. The third-order valence-electron chi connectivity index (χ3n) is 7.00. The van der Waals surface area contributed by atoms with Crippen LogP contribution in [0.5, 0.6) is 5.75 Å². The Morgan fingerprint density at radius 1 is 1.19 bits per heavy atom. The number of rotatable bonds is 9. The normalized spacial score (nSPS) is 23.2. The molecule has 3 heterocycles. The monoisotopic (exact) mass is 520 g/mol. The fourth-order valence-electron chi connectivity index (χ4n) is 5.55. The maximum Gasteiger partial charge on any atom is 0.413 e. The highest BCUT2D eigenvalue weighted by Crippen LogP contribution is 2.35. The van der Waals surface area contributed by atoms with Crippen LogP contribution in [0.2, 0.25) is 0 Å². The number of amides is 1. The first-order valence-electron chi connectivity index (χ1n) is 12.5. The fourth-order valence-corrected chi connectivity index (χ4v) is 6.04. The average molecular weight is 521 g/mol. The van der Waals surface area contributed by atoms with E-state index >= 15 is 0 Å². The molecule has 1 aromatic carbocycles. The number of ether oxygens (including phenoxy) is 1. The summed E-state index contributed by atoms with van der Waals surface area (Å²) in [5, 5.41) is 16.9. The molecule has 2 fully saturated rings. The Bertz CT molecular complexity index is 1250. The summed E-state index contributed by atoms with van der Waals surface area (Å²) in [6, 6.07) is 9.39. The highest BCUT2D eigenvalue weighted by Gasteiger charge is 2.41. The van der Waals surface area contributed by atoms with Crippen molar-refractivity contribution in [1.82, 2.24) is 20.1 Å². The number of para-hydroxylation sites is 1. The largest absolute Gasteiger partial charge is 0.413 e. The van der Waals surface area contributed by atoms with Crippen molar-refractivity contribution in [2.24, 2.45) is 0 Å². The Kier molecular flexibility index (Phi) is 8.03. The molecule has 2 bridgehead atoms. The van der Waals surface area contributed by atoms with Gasteiger partial charge in [-0.3, -0.25) is 9.69 Å². The van der Waals surface area contributed by atoms with Crippen molar-refractivity contribution >= 4 is 26.8 Å². The molecule has 0 spiro atoms. The second-order valence-corrected chi connectivity index (χ2v) is 12.4. The minimum atomic E-state index is -3.13. The number of sulfone groups is 1. The van der Waals surface area contributed by atoms with E-state index in [0.717, 1.165) is 42.8 Å². The Labute approximate surface area is 211 Å². The van der Waals surface area contributed by atoms with E-state index in [-0.39, 0.29) is 47.9 Å². The Morgan fingerprint density at radius 2 is 1.86 bits per heavy atom. The van der Waals surface area contributed by atoms with Gasteiger partial charge in [0.1, 0.15) is 0 Å². The molecule has 2 saturated heterocycles. The summed E-state index contributed by atoms with van der Waals surface area (Å²) < 4.78 is 29.7. The number of nitrogens with zero attached hydrogens (tertiary/aromatic N) is 2. The number of nitrogens with one attached hydrogen (secondary N) is 2. The van der Waals surface area contributed by atoms with Crippen LogP contribution in [0.3, 0.4) is 0 Å². The van der Waals surface area contributed by atoms with Crippen LogP contribution in [-0.2, 0) is 9.84 Å². The van der Waals surface area contributed by atoms with Gasteiger partial charge < -0.3 is 25.0 Å².